The number of carbonyl (C=O) groups is 1. The highest BCUT2D eigenvalue weighted by Crippen LogP contribution is 2.45. The molecule has 1 N–H and O–H groups in total. The van der Waals surface area contributed by atoms with E-state index in [4.69, 9.17) is 9.52 Å². The van der Waals surface area contributed by atoms with E-state index < -0.39 is 5.97 Å². The summed E-state index contributed by atoms with van der Waals surface area (Å²) in [5, 5.41) is 9.06. The van der Waals surface area contributed by atoms with E-state index in [0.29, 0.717) is 18.2 Å². The highest BCUT2D eigenvalue weighted by atomic mass is 16.4. The van der Waals surface area contributed by atoms with Crippen LogP contribution in [-0.4, -0.2) is 16.6 Å². The molecule has 3 rings (SSSR count). The first-order chi connectivity index (χ1) is 11.2. The zero-order valence-electron chi connectivity index (χ0n) is 15.0. The summed E-state index contributed by atoms with van der Waals surface area (Å²) in [4.78, 5) is 13.4. The van der Waals surface area contributed by atoms with Gasteiger partial charge >= 0.3 is 5.97 Å². The van der Waals surface area contributed by atoms with Crippen molar-refractivity contribution in [1.29, 1.82) is 0 Å². The lowest BCUT2D eigenvalue weighted by Gasteiger charge is -2.47. The number of nitrogens with zero attached hydrogens (tertiary/aromatic N) is 1. The van der Waals surface area contributed by atoms with Crippen LogP contribution in [0.5, 0.6) is 0 Å². The Morgan fingerprint density at radius 2 is 1.96 bits per heavy atom. The first-order valence-corrected chi connectivity index (χ1v) is 8.40. The van der Waals surface area contributed by atoms with Gasteiger partial charge in [-0.1, -0.05) is 13.0 Å². The summed E-state index contributed by atoms with van der Waals surface area (Å²) in [5.74, 6) is 0.143. The maximum absolute atomic E-state index is 11.0. The van der Waals surface area contributed by atoms with Crippen LogP contribution in [0.1, 0.15) is 66.1 Å². The van der Waals surface area contributed by atoms with E-state index in [1.807, 2.05) is 0 Å². The molecule has 0 saturated heterocycles. The van der Waals surface area contributed by atoms with Gasteiger partial charge in [0.25, 0.3) is 0 Å². The highest BCUT2D eigenvalue weighted by Gasteiger charge is 2.37. The van der Waals surface area contributed by atoms with Gasteiger partial charge in [0.05, 0.1) is 6.54 Å². The second-order valence-electron chi connectivity index (χ2n) is 7.57. The van der Waals surface area contributed by atoms with Crippen molar-refractivity contribution in [2.24, 2.45) is 0 Å². The zero-order chi connectivity index (χ0) is 17.6. The Balaban J connectivity index is 2.03. The molecule has 1 aliphatic heterocycles. The molecule has 2 aromatic rings. The number of rotatable bonds is 3. The standard InChI is InChI=1S/C20H25NO3/c1-12-8-16-14(3)10-20(4,5)21(17(16)9-13(12)2)11-15-6-7-18(24-15)19(22)23/h6-9,14H,10-11H2,1-5H3,(H,22,23)/t14-/m0/s1. The van der Waals surface area contributed by atoms with Gasteiger partial charge < -0.3 is 14.4 Å². The Labute approximate surface area is 143 Å². The molecule has 2 heterocycles. The molecule has 0 fully saturated rings. The molecule has 128 valence electrons. The van der Waals surface area contributed by atoms with Gasteiger partial charge in [0, 0.05) is 11.2 Å². The maximum atomic E-state index is 11.0. The molecule has 1 aliphatic rings. The minimum atomic E-state index is -1.03. The summed E-state index contributed by atoms with van der Waals surface area (Å²) < 4.78 is 5.50. The summed E-state index contributed by atoms with van der Waals surface area (Å²) in [6, 6.07) is 7.84. The molecule has 0 saturated carbocycles. The zero-order valence-corrected chi connectivity index (χ0v) is 15.0. The number of carboxylic acid groups (broad SMARTS) is 1. The summed E-state index contributed by atoms with van der Waals surface area (Å²) in [5.41, 5.74) is 5.16. The van der Waals surface area contributed by atoms with Crippen molar-refractivity contribution in [3.05, 3.63) is 52.5 Å². The second kappa shape index (κ2) is 5.69. The Bertz CT molecular complexity index is 788. The average molecular weight is 327 g/mol. The van der Waals surface area contributed by atoms with Gasteiger partial charge in [-0.2, -0.15) is 0 Å². The fraction of sp³-hybridized carbons (Fsp3) is 0.450. The van der Waals surface area contributed by atoms with Gasteiger partial charge in [-0.15, -0.1) is 0 Å². The molecule has 24 heavy (non-hydrogen) atoms. The summed E-state index contributed by atoms with van der Waals surface area (Å²) in [6.07, 6.45) is 1.05. The summed E-state index contributed by atoms with van der Waals surface area (Å²) >= 11 is 0. The van der Waals surface area contributed by atoms with Crippen LogP contribution in [0.4, 0.5) is 5.69 Å². The smallest absolute Gasteiger partial charge is 0.371 e. The number of aryl methyl sites for hydroxylation is 2. The molecule has 0 unspecified atom stereocenters. The molecule has 0 aliphatic carbocycles. The topological polar surface area (TPSA) is 53.7 Å². The van der Waals surface area contributed by atoms with Crippen LogP contribution < -0.4 is 4.90 Å². The summed E-state index contributed by atoms with van der Waals surface area (Å²) in [7, 11) is 0. The van der Waals surface area contributed by atoms with Crippen molar-refractivity contribution in [3.63, 3.8) is 0 Å². The number of anilines is 1. The Morgan fingerprint density at radius 3 is 2.58 bits per heavy atom. The number of hydrogen-bond acceptors (Lipinski definition) is 3. The van der Waals surface area contributed by atoms with Crippen molar-refractivity contribution in [2.45, 2.75) is 59.0 Å². The predicted molar refractivity (Wildman–Crippen MR) is 94.9 cm³/mol. The molecule has 4 nitrogen and oxygen atoms in total. The van der Waals surface area contributed by atoms with E-state index in [9.17, 15) is 4.79 Å². The molecular weight excluding hydrogens is 302 g/mol. The SMILES string of the molecule is Cc1cc2c(cc1C)N(Cc1ccc(C(=O)O)o1)C(C)(C)C[C@@H]2C. The van der Waals surface area contributed by atoms with Crippen LogP contribution in [-0.2, 0) is 6.54 Å². The molecule has 0 amide bonds. The van der Waals surface area contributed by atoms with Crippen LogP contribution in [0.2, 0.25) is 0 Å². The van der Waals surface area contributed by atoms with Crippen LogP contribution in [0.25, 0.3) is 0 Å². The van der Waals surface area contributed by atoms with Gasteiger partial charge in [0.1, 0.15) is 5.76 Å². The van der Waals surface area contributed by atoms with Gasteiger partial charge in [-0.25, -0.2) is 4.79 Å². The van der Waals surface area contributed by atoms with Crippen molar-refractivity contribution >= 4 is 11.7 Å². The molecule has 4 heteroatoms. The lowest BCUT2D eigenvalue weighted by molar-refractivity contribution is 0.0660. The van der Waals surface area contributed by atoms with Crippen molar-refractivity contribution in [2.75, 3.05) is 4.90 Å². The Hall–Kier alpha value is -2.23. The number of fused-ring (bicyclic) bond motifs is 1. The van der Waals surface area contributed by atoms with E-state index in [1.54, 1.807) is 6.07 Å². The molecule has 0 radical (unpaired) electrons. The average Bonchev–Trinajstić information content (AvgIpc) is 2.94. The number of hydrogen-bond donors (Lipinski definition) is 1. The molecule has 0 spiro atoms. The third kappa shape index (κ3) is 2.81. The maximum Gasteiger partial charge on any atom is 0.371 e. The number of benzene rings is 1. The Morgan fingerprint density at radius 1 is 1.29 bits per heavy atom. The molecule has 1 atom stereocenters. The molecule has 1 aromatic heterocycles. The van der Waals surface area contributed by atoms with Crippen LogP contribution in [0, 0.1) is 13.8 Å². The van der Waals surface area contributed by atoms with Gasteiger partial charge in [0.2, 0.25) is 5.76 Å². The van der Waals surface area contributed by atoms with Gasteiger partial charge in [-0.3, -0.25) is 0 Å². The third-order valence-electron chi connectivity index (χ3n) is 5.19. The van der Waals surface area contributed by atoms with Gasteiger partial charge in [0.15, 0.2) is 0 Å². The van der Waals surface area contributed by atoms with E-state index in [2.05, 4.69) is 51.7 Å². The van der Waals surface area contributed by atoms with Crippen LogP contribution >= 0.6 is 0 Å². The molecular formula is C20H25NO3. The fourth-order valence-electron chi connectivity index (χ4n) is 3.78. The van der Waals surface area contributed by atoms with Crippen molar-refractivity contribution in [1.82, 2.24) is 0 Å². The lowest BCUT2D eigenvalue weighted by Crippen LogP contribution is -2.47. The van der Waals surface area contributed by atoms with E-state index in [0.717, 1.165) is 6.42 Å². The molecule has 1 aromatic carbocycles. The third-order valence-corrected chi connectivity index (χ3v) is 5.19. The minimum absolute atomic E-state index is 0.00602. The van der Waals surface area contributed by atoms with E-state index in [-0.39, 0.29) is 11.3 Å². The largest absolute Gasteiger partial charge is 0.475 e. The number of furan rings is 1. The lowest BCUT2D eigenvalue weighted by atomic mass is 9.79. The highest BCUT2D eigenvalue weighted by molar-refractivity contribution is 5.84. The predicted octanol–water partition coefficient (Wildman–Crippen LogP) is 4.89. The van der Waals surface area contributed by atoms with E-state index in [1.165, 1.54) is 28.4 Å². The number of aromatic carboxylic acids is 1. The van der Waals surface area contributed by atoms with Gasteiger partial charge in [-0.05, 0) is 74.9 Å². The minimum Gasteiger partial charge on any atom is -0.475 e. The molecule has 0 bridgehead atoms. The van der Waals surface area contributed by atoms with Crippen LogP contribution in [0.15, 0.2) is 28.7 Å². The summed E-state index contributed by atoms with van der Waals surface area (Å²) in [6.45, 7) is 11.6. The monoisotopic (exact) mass is 327 g/mol. The normalized spacial score (nSPS) is 19.2. The fourth-order valence-corrected chi connectivity index (χ4v) is 3.78. The van der Waals surface area contributed by atoms with E-state index >= 15 is 0 Å². The number of carboxylic acids is 1. The second-order valence-corrected chi connectivity index (χ2v) is 7.57. The first-order valence-electron chi connectivity index (χ1n) is 8.40. The van der Waals surface area contributed by atoms with Crippen molar-refractivity contribution < 1.29 is 14.3 Å². The quantitative estimate of drug-likeness (QED) is 0.872. The Kier molecular flexibility index (Phi) is 3.94. The van der Waals surface area contributed by atoms with Crippen LogP contribution in [0.3, 0.4) is 0 Å². The first kappa shape index (κ1) is 16.6. The van der Waals surface area contributed by atoms with Crippen molar-refractivity contribution in [3.8, 4) is 0 Å².